The standard InChI is InChI=1S/C31H37Cl2N3O4S/c1-6-23(5)34-31(38)28(7-2)35(19-24-14-15-26(32)27(33)18-24)30(37)20-36(29-16-13-21(3)17-22(29)4)41(39,40)25-11-9-8-10-12-25/h8-18,23,28H,6-7,19-20H2,1-5H3,(H,34,38)/t23-,28+/m1/s1. The fourth-order valence-corrected chi connectivity index (χ4v) is 6.33. The average Bonchev–Trinajstić information content (AvgIpc) is 2.94. The van der Waals surface area contributed by atoms with Crippen molar-refractivity contribution in [2.24, 2.45) is 0 Å². The molecular formula is C31H37Cl2N3O4S. The zero-order chi connectivity index (χ0) is 30.3. The van der Waals surface area contributed by atoms with Gasteiger partial charge < -0.3 is 10.2 Å². The van der Waals surface area contributed by atoms with Crippen LogP contribution in [0.5, 0.6) is 0 Å². The van der Waals surface area contributed by atoms with Crippen molar-refractivity contribution in [1.82, 2.24) is 10.2 Å². The number of hydrogen-bond donors (Lipinski definition) is 1. The predicted molar refractivity (Wildman–Crippen MR) is 166 cm³/mol. The Morgan fingerprint density at radius 2 is 1.59 bits per heavy atom. The number of nitrogens with zero attached hydrogens (tertiary/aromatic N) is 2. The summed E-state index contributed by atoms with van der Waals surface area (Å²) in [6.45, 7) is 8.92. The number of carbonyl (C=O) groups excluding carboxylic acids is 2. The van der Waals surface area contributed by atoms with Crippen LogP contribution in [-0.4, -0.2) is 43.8 Å². The molecule has 7 nitrogen and oxygen atoms in total. The van der Waals surface area contributed by atoms with Crippen LogP contribution >= 0.6 is 23.2 Å². The van der Waals surface area contributed by atoms with E-state index >= 15 is 0 Å². The molecule has 0 aliphatic heterocycles. The first-order valence-electron chi connectivity index (χ1n) is 13.6. The van der Waals surface area contributed by atoms with Crippen LogP contribution in [0.25, 0.3) is 0 Å². The first kappa shape index (κ1) is 32.4. The van der Waals surface area contributed by atoms with Crippen molar-refractivity contribution in [3.8, 4) is 0 Å². The minimum absolute atomic E-state index is 0.0360. The summed E-state index contributed by atoms with van der Waals surface area (Å²) in [4.78, 5) is 29.0. The van der Waals surface area contributed by atoms with Gasteiger partial charge >= 0.3 is 0 Å². The summed E-state index contributed by atoms with van der Waals surface area (Å²) in [6.07, 6.45) is 1.04. The van der Waals surface area contributed by atoms with E-state index in [4.69, 9.17) is 23.2 Å². The third-order valence-electron chi connectivity index (χ3n) is 6.95. The third kappa shape index (κ3) is 8.03. The van der Waals surface area contributed by atoms with E-state index in [1.807, 2.05) is 46.8 Å². The maximum atomic E-state index is 14.2. The number of carbonyl (C=O) groups is 2. The molecule has 0 saturated heterocycles. The number of sulfonamides is 1. The second-order valence-electron chi connectivity index (χ2n) is 10.1. The smallest absolute Gasteiger partial charge is 0.264 e. The minimum atomic E-state index is -4.13. The normalized spacial score (nSPS) is 12.9. The molecule has 1 N–H and O–H groups in total. The Kier molecular flexibility index (Phi) is 11.2. The number of nitrogens with one attached hydrogen (secondary N) is 1. The number of benzene rings is 3. The monoisotopic (exact) mass is 617 g/mol. The maximum Gasteiger partial charge on any atom is 0.264 e. The van der Waals surface area contributed by atoms with Gasteiger partial charge in [-0.05, 0) is 75.1 Å². The summed E-state index contributed by atoms with van der Waals surface area (Å²) in [5.41, 5.74) is 2.71. The van der Waals surface area contributed by atoms with Gasteiger partial charge in [-0.25, -0.2) is 8.42 Å². The van der Waals surface area contributed by atoms with Crippen molar-refractivity contribution < 1.29 is 18.0 Å². The Labute approximate surface area is 253 Å². The predicted octanol–water partition coefficient (Wildman–Crippen LogP) is 6.53. The Balaban J connectivity index is 2.10. The molecule has 0 fully saturated rings. The lowest BCUT2D eigenvalue weighted by molar-refractivity contribution is -0.140. The highest BCUT2D eigenvalue weighted by Crippen LogP contribution is 2.29. The highest BCUT2D eigenvalue weighted by atomic mass is 35.5. The van der Waals surface area contributed by atoms with Crippen LogP contribution in [-0.2, 0) is 26.2 Å². The first-order valence-corrected chi connectivity index (χ1v) is 15.8. The van der Waals surface area contributed by atoms with Crippen molar-refractivity contribution in [2.45, 2.75) is 71.0 Å². The fourth-order valence-electron chi connectivity index (χ4n) is 4.51. The molecule has 2 amide bonds. The Hall–Kier alpha value is -3.07. The largest absolute Gasteiger partial charge is 0.352 e. The minimum Gasteiger partial charge on any atom is -0.352 e. The van der Waals surface area contributed by atoms with Crippen LogP contribution in [0, 0.1) is 13.8 Å². The van der Waals surface area contributed by atoms with E-state index in [1.165, 1.54) is 17.0 Å². The van der Waals surface area contributed by atoms with Crippen LogP contribution in [0.2, 0.25) is 10.0 Å². The number of anilines is 1. The lowest BCUT2D eigenvalue weighted by Crippen LogP contribution is -2.53. The van der Waals surface area contributed by atoms with E-state index in [0.717, 1.165) is 16.3 Å². The number of halogens is 2. The van der Waals surface area contributed by atoms with Gasteiger partial charge in [0.1, 0.15) is 12.6 Å². The van der Waals surface area contributed by atoms with Crippen molar-refractivity contribution in [1.29, 1.82) is 0 Å². The topological polar surface area (TPSA) is 86.8 Å². The molecule has 0 bridgehead atoms. The van der Waals surface area contributed by atoms with Gasteiger partial charge in [-0.15, -0.1) is 0 Å². The van der Waals surface area contributed by atoms with Crippen LogP contribution < -0.4 is 9.62 Å². The van der Waals surface area contributed by atoms with Gasteiger partial charge in [0.05, 0.1) is 20.6 Å². The van der Waals surface area contributed by atoms with Gasteiger partial charge in [-0.2, -0.15) is 0 Å². The average molecular weight is 619 g/mol. The van der Waals surface area contributed by atoms with E-state index in [1.54, 1.807) is 42.5 Å². The summed E-state index contributed by atoms with van der Waals surface area (Å²) in [5, 5.41) is 3.65. The highest BCUT2D eigenvalue weighted by Gasteiger charge is 2.34. The summed E-state index contributed by atoms with van der Waals surface area (Å²) in [5.74, 6) is -0.832. The third-order valence-corrected chi connectivity index (χ3v) is 9.47. The lowest BCUT2D eigenvalue weighted by Gasteiger charge is -2.34. The van der Waals surface area contributed by atoms with Gasteiger partial charge in [0.15, 0.2) is 0 Å². The van der Waals surface area contributed by atoms with Crippen molar-refractivity contribution in [2.75, 3.05) is 10.8 Å². The zero-order valence-electron chi connectivity index (χ0n) is 24.0. The van der Waals surface area contributed by atoms with Crippen molar-refractivity contribution in [3.63, 3.8) is 0 Å². The molecule has 220 valence electrons. The van der Waals surface area contributed by atoms with Crippen molar-refractivity contribution >= 4 is 50.7 Å². The van der Waals surface area contributed by atoms with Crippen LogP contribution in [0.4, 0.5) is 5.69 Å². The molecule has 0 aliphatic carbocycles. The number of rotatable bonds is 12. The molecule has 0 radical (unpaired) electrons. The molecule has 0 aliphatic rings. The second kappa shape index (κ2) is 14.2. The molecule has 0 saturated carbocycles. The maximum absolute atomic E-state index is 14.2. The SMILES string of the molecule is CC[C@@H](C)NC(=O)[C@H](CC)N(Cc1ccc(Cl)c(Cl)c1)C(=O)CN(c1ccc(C)cc1C)S(=O)(=O)c1ccccc1. The van der Waals surface area contributed by atoms with Crippen LogP contribution in [0.15, 0.2) is 71.6 Å². The highest BCUT2D eigenvalue weighted by molar-refractivity contribution is 7.92. The van der Waals surface area contributed by atoms with E-state index in [-0.39, 0.29) is 23.4 Å². The molecule has 3 aromatic carbocycles. The Morgan fingerprint density at radius 3 is 2.17 bits per heavy atom. The second-order valence-corrected chi connectivity index (χ2v) is 12.8. The number of hydrogen-bond acceptors (Lipinski definition) is 4. The van der Waals surface area contributed by atoms with E-state index in [0.29, 0.717) is 33.3 Å². The molecule has 41 heavy (non-hydrogen) atoms. The molecular weight excluding hydrogens is 581 g/mol. The summed E-state index contributed by atoms with van der Waals surface area (Å²) < 4.78 is 29.1. The van der Waals surface area contributed by atoms with Crippen LogP contribution in [0.1, 0.15) is 50.3 Å². The Bertz CT molecular complexity index is 1480. The molecule has 2 atom stereocenters. The van der Waals surface area contributed by atoms with E-state index < -0.39 is 28.5 Å². The molecule has 3 rings (SSSR count). The number of aryl methyl sites for hydroxylation is 2. The van der Waals surface area contributed by atoms with Gasteiger partial charge in [0.2, 0.25) is 11.8 Å². The van der Waals surface area contributed by atoms with Gasteiger partial charge in [-0.3, -0.25) is 13.9 Å². The summed E-state index contributed by atoms with van der Waals surface area (Å²) >= 11 is 12.4. The van der Waals surface area contributed by atoms with Crippen molar-refractivity contribution in [3.05, 3.63) is 93.5 Å². The summed E-state index contributed by atoms with van der Waals surface area (Å²) in [7, 11) is -4.13. The molecule has 10 heteroatoms. The molecule has 0 heterocycles. The van der Waals surface area contributed by atoms with Crippen LogP contribution in [0.3, 0.4) is 0 Å². The fraction of sp³-hybridized carbons (Fsp3) is 0.355. The molecule has 0 unspecified atom stereocenters. The molecule has 3 aromatic rings. The Morgan fingerprint density at radius 1 is 0.902 bits per heavy atom. The van der Waals surface area contributed by atoms with Gasteiger partial charge in [0, 0.05) is 12.6 Å². The quantitative estimate of drug-likeness (QED) is 0.250. The molecule has 0 spiro atoms. The van der Waals surface area contributed by atoms with Gasteiger partial charge in [-0.1, -0.05) is 79.0 Å². The van der Waals surface area contributed by atoms with E-state index in [9.17, 15) is 18.0 Å². The first-order chi connectivity index (χ1) is 19.4. The summed E-state index contributed by atoms with van der Waals surface area (Å²) in [6, 6.07) is 17.5. The van der Waals surface area contributed by atoms with Gasteiger partial charge in [0.25, 0.3) is 10.0 Å². The number of amides is 2. The molecule has 0 aromatic heterocycles. The zero-order valence-corrected chi connectivity index (χ0v) is 26.4. The lowest BCUT2D eigenvalue weighted by atomic mass is 10.1. The van der Waals surface area contributed by atoms with E-state index in [2.05, 4.69) is 5.32 Å².